The standard InChI is InChI=1S/C14H10N2O3S/c17-10-11-6-7-14-13(15-11)8-9-16(14)20(18,19)12-4-2-1-3-5-12/h1-10H. The summed E-state index contributed by atoms with van der Waals surface area (Å²) in [5.74, 6) is 0. The number of hydrogen-bond donors (Lipinski definition) is 0. The molecule has 0 saturated heterocycles. The van der Waals surface area contributed by atoms with Gasteiger partial charge in [0, 0.05) is 6.20 Å². The highest BCUT2D eigenvalue weighted by Crippen LogP contribution is 2.20. The smallest absolute Gasteiger partial charge is 0.268 e. The molecule has 5 nitrogen and oxygen atoms in total. The Labute approximate surface area is 115 Å². The van der Waals surface area contributed by atoms with Crippen molar-refractivity contribution >= 4 is 27.3 Å². The van der Waals surface area contributed by atoms with E-state index in [-0.39, 0.29) is 10.6 Å². The van der Waals surface area contributed by atoms with Gasteiger partial charge in [-0.15, -0.1) is 0 Å². The van der Waals surface area contributed by atoms with Crippen molar-refractivity contribution in [1.29, 1.82) is 0 Å². The Kier molecular flexibility index (Phi) is 2.87. The van der Waals surface area contributed by atoms with Crippen LogP contribution in [0.25, 0.3) is 11.0 Å². The predicted molar refractivity (Wildman–Crippen MR) is 74.1 cm³/mol. The first-order valence-electron chi connectivity index (χ1n) is 5.87. The van der Waals surface area contributed by atoms with E-state index < -0.39 is 10.0 Å². The molecule has 0 amide bonds. The largest absolute Gasteiger partial charge is 0.296 e. The maximum absolute atomic E-state index is 12.5. The Morgan fingerprint density at radius 3 is 2.45 bits per heavy atom. The number of carbonyl (C=O) groups excluding carboxylic acids is 1. The molecule has 0 aliphatic carbocycles. The van der Waals surface area contributed by atoms with Crippen LogP contribution in [-0.4, -0.2) is 23.7 Å². The maximum Gasteiger partial charge on any atom is 0.268 e. The van der Waals surface area contributed by atoms with E-state index in [1.807, 2.05) is 0 Å². The van der Waals surface area contributed by atoms with E-state index in [4.69, 9.17) is 0 Å². The summed E-state index contributed by atoms with van der Waals surface area (Å²) < 4.78 is 26.2. The molecule has 2 aromatic heterocycles. The molecule has 20 heavy (non-hydrogen) atoms. The van der Waals surface area contributed by atoms with Gasteiger partial charge < -0.3 is 0 Å². The van der Waals surface area contributed by atoms with Gasteiger partial charge in [0.15, 0.2) is 6.29 Å². The quantitative estimate of drug-likeness (QED) is 0.691. The highest BCUT2D eigenvalue weighted by Gasteiger charge is 2.18. The minimum absolute atomic E-state index is 0.206. The Bertz CT molecular complexity index is 883. The summed E-state index contributed by atoms with van der Waals surface area (Å²) in [5.41, 5.74) is 1.18. The summed E-state index contributed by atoms with van der Waals surface area (Å²) in [4.78, 5) is 15.0. The van der Waals surface area contributed by atoms with Gasteiger partial charge in [-0.25, -0.2) is 17.4 Å². The van der Waals surface area contributed by atoms with Crippen LogP contribution in [0.5, 0.6) is 0 Å². The molecule has 3 aromatic rings. The third kappa shape index (κ3) is 1.90. The van der Waals surface area contributed by atoms with Crippen molar-refractivity contribution in [3.05, 3.63) is 60.4 Å². The average molecular weight is 286 g/mol. The maximum atomic E-state index is 12.5. The molecule has 0 fully saturated rings. The van der Waals surface area contributed by atoms with Crippen LogP contribution < -0.4 is 0 Å². The number of rotatable bonds is 3. The van der Waals surface area contributed by atoms with Crippen molar-refractivity contribution in [2.75, 3.05) is 0 Å². The minimum atomic E-state index is -3.65. The molecule has 0 aliphatic rings. The van der Waals surface area contributed by atoms with Crippen LogP contribution in [0.15, 0.2) is 59.6 Å². The first kappa shape index (κ1) is 12.6. The molecule has 100 valence electrons. The van der Waals surface area contributed by atoms with Gasteiger partial charge in [-0.05, 0) is 30.3 Å². The van der Waals surface area contributed by atoms with Crippen LogP contribution in [0.2, 0.25) is 0 Å². The third-order valence-corrected chi connectivity index (χ3v) is 4.65. The summed E-state index contributed by atoms with van der Waals surface area (Å²) in [6.07, 6.45) is 2.07. The van der Waals surface area contributed by atoms with E-state index in [2.05, 4.69) is 4.98 Å². The van der Waals surface area contributed by atoms with E-state index in [1.54, 1.807) is 30.3 Å². The van der Waals surface area contributed by atoms with Gasteiger partial charge in [-0.1, -0.05) is 18.2 Å². The Hall–Kier alpha value is -2.47. The lowest BCUT2D eigenvalue weighted by molar-refractivity contribution is 0.111. The molecular formula is C14H10N2O3S. The number of benzene rings is 1. The third-order valence-electron chi connectivity index (χ3n) is 2.95. The fourth-order valence-corrected chi connectivity index (χ4v) is 3.35. The van der Waals surface area contributed by atoms with Crippen LogP contribution >= 0.6 is 0 Å². The molecule has 0 bridgehead atoms. The van der Waals surface area contributed by atoms with Gasteiger partial charge in [0.1, 0.15) is 5.69 Å². The molecule has 0 radical (unpaired) electrons. The molecule has 6 heteroatoms. The second-order valence-electron chi connectivity index (χ2n) is 4.19. The molecule has 3 rings (SSSR count). The van der Waals surface area contributed by atoms with Gasteiger partial charge in [0.05, 0.1) is 15.9 Å². The molecule has 1 aromatic carbocycles. The average Bonchev–Trinajstić information content (AvgIpc) is 2.91. The van der Waals surface area contributed by atoms with Crippen molar-refractivity contribution in [2.24, 2.45) is 0 Å². The van der Waals surface area contributed by atoms with Crippen molar-refractivity contribution < 1.29 is 13.2 Å². The molecular weight excluding hydrogens is 276 g/mol. The van der Waals surface area contributed by atoms with E-state index in [1.165, 1.54) is 28.4 Å². The topological polar surface area (TPSA) is 69.0 Å². The highest BCUT2D eigenvalue weighted by atomic mass is 32.2. The zero-order valence-electron chi connectivity index (χ0n) is 10.3. The normalized spacial score (nSPS) is 11.6. The number of nitrogens with zero attached hydrogens (tertiary/aromatic N) is 2. The first-order valence-corrected chi connectivity index (χ1v) is 7.31. The lowest BCUT2D eigenvalue weighted by Gasteiger charge is -2.07. The zero-order chi connectivity index (χ0) is 14.2. The van der Waals surface area contributed by atoms with Crippen LogP contribution in [0.1, 0.15) is 10.5 Å². The SMILES string of the molecule is O=Cc1ccc2c(ccn2S(=O)(=O)c2ccccc2)n1. The Morgan fingerprint density at radius 1 is 1.00 bits per heavy atom. The molecule has 2 heterocycles. The fourth-order valence-electron chi connectivity index (χ4n) is 1.99. The lowest BCUT2D eigenvalue weighted by Crippen LogP contribution is -2.11. The van der Waals surface area contributed by atoms with Crippen LogP contribution in [0.4, 0.5) is 0 Å². The number of aromatic nitrogens is 2. The summed E-state index contributed by atoms with van der Waals surface area (Å²) in [6, 6.07) is 12.8. The molecule has 0 N–H and O–H groups in total. The molecule has 0 unspecified atom stereocenters. The molecule has 0 aliphatic heterocycles. The number of carbonyl (C=O) groups is 1. The summed E-state index contributed by atoms with van der Waals surface area (Å²) in [6.45, 7) is 0. The number of aldehydes is 1. The Balaban J connectivity index is 2.23. The number of pyridine rings is 1. The summed E-state index contributed by atoms with van der Waals surface area (Å²) in [7, 11) is -3.65. The van der Waals surface area contributed by atoms with Crippen LogP contribution in [0.3, 0.4) is 0 Å². The number of fused-ring (bicyclic) bond motifs is 1. The van der Waals surface area contributed by atoms with E-state index in [0.29, 0.717) is 17.3 Å². The van der Waals surface area contributed by atoms with Gasteiger partial charge >= 0.3 is 0 Å². The van der Waals surface area contributed by atoms with Gasteiger partial charge in [-0.2, -0.15) is 0 Å². The molecule has 0 atom stereocenters. The first-order chi connectivity index (χ1) is 9.63. The minimum Gasteiger partial charge on any atom is -0.296 e. The molecule has 0 saturated carbocycles. The van der Waals surface area contributed by atoms with Crippen molar-refractivity contribution in [3.63, 3.8) is 0 Å². The highest BCUT2D eigenvalue weighted by molar-refractivity contribution is 7.90. The monoisotopic (exact) mass is 286 g/mol. The van der Waals surface area contributed by atoms with E-state index >= 15 is 0 Å². The summed E-state index contributed by atoms with van der Waals surface area (Å²) in [5, 5.41) is 0. The van der Waals surface area contributed by atoms with Crippen molar-refractivity contribution in [2.45, 2.75) is 4.90 Å². The van der Waals surface area contributed by atoms with Crippen molar-refractivity contribution in [3.8, 4) is 0 Å². The van der Waals surface area contributed by atoms with E-state index in [0.717, 1.165) is 0 Å². The van der Waals surface area contributed by atoms with Gasteiger partial charge in [-0.3, -0.25) is 4.79 Å². The predicted octanol–water partition coefficient (Wildman–Crippen LogP) is 2.09. The fraction of sp³-hybridized carbons (Fsp3) is 0. The second kappa shape index (κ2) is 4.57. The summed E-state index contributed by atoms with van der Waals surface area (Å²) >= 11 is 0. The van der Waals surface area contributed by atoms with Crippen molar-refractivity contribution in [1.82, 2.24) is 8.96 Å². The number of hydrogen-bond acceptors (Lipinski definition) is 4. The van der Waals surface area contributed by atoms with Gasteiger partial charge in [0.25, 0.3) is 10.0 Å². The van der Waals surface area contributed by atoms with Crippen LogP contribution in [0, 0.1) is 0 Å². The van der Waals surface area contributed by atoms with Gasteiger partial charge in [0.2, 0.25) is 0 Å². The Morgan fingerprint density at radius 2 is 1.75 bits per heavy atom. The lowest BCUT2D eigenvalue weighted by atomic mass is 10.3. The molecule has 0 spiro atoms. The van der Waals surface area contributed by atoms with Crippen LogP contribution in [-0.2, 0) is 10.0 Å². The van der Waals surface area contributed by atoms with E-state index in [9.17, 15) is 13.2 Å². The second-order valence-corrected chi connectivity index (χ2v) is 6.00. The zero-order valence-corrected chi connectivity index (χ0v) is 11.1.